The van der Waals surface area contributed by atoms with Gasteiger partial charge in [0.15, 0.2) is 0 Å². The van der Waals surface area contributed by atoms with Crippen LogP contribution in [0, 0.1) is 0 Å². The van der Waals surface area contributed by atoms with Gasteiger partial charge in [-0.1, -0.05) is 67.3 Å². The maximum Gasteiger partial charge on any atom is 0.258 e. The molecule has 1 aromatic heterocycles. The van der Waals surface area contributed by atoms with Crippen LogP contribution in [0.1, 0.15) is 55.4 Å². The van der Waals surface area contributed by atoms with E-state index in [1.54, 1.807) is 0 Å². The molecule has 2 heterocycles. The molecule has 5 rings (SSSR count). The van der Waals surface area contributed by atoms with Crippen molar-refractivity contribution < 1.29 is 4.74 Å². The van der Waals surface area contributed by atoms with Gasteiger partial charge in [-0.05, 0) is 42.0 Å². The summed E-state index contributed by atoms with van der Waals surface area (Å²) in [7, 11) is 0. The Labute approximate surface area is 188 Å². The summed E-state index contributed by atoms with van der Waals surface area (Å²) in [4.78, 5) is 16.3. The lowest BCUT2D eigenvalue weighted by atomic mass is 9.92. The fourth-order valence-corrected chi connectivity index (χ4v) is 5.53. The number of hydrogen-bond acceptors (Lipinski definition) is 3. The molecule has 31 heavy (non-hydrogen) atoms. The molecule has 0 N–H and O–H groups in total. The SMILES string of the molecule is O=c1c2ccccc2cc(C(c2ccccc2Cl)N2CCOCC2)n1C1CCCCC1. The van der Waals surface area contributed by atoms with Crippen molar-refractivity contribution in [2.45, 2.75) is 44.2 Å². The minimum absolute atomic E-state index is 0.0724. The highest BCUT2D eigenvalue weighted by Gasteiger charge is 2.31. The van der Waals surface area contributed by atoms with E-state index < -0.39 is 0 Å². The van der Waals surface area contributed by atoms with E-state index in [1.165, 1.54) is 19.3 Å². The Morgan fingerprint density at radius 3 is 2.42 bits per heavy atom. The highest BCUT2D eigenvalue weighted by Crippen LogP contribution is 2.37. The van der Waals surface area contributed by atoms with Gasteiger partial charge in [-0.2, -0.15) is 0 Å². The first-order chi connectivity index (χ1) is 15.2. The maximum atomic E-state index is 13.8. The van der Waals surface area contributed by atoms with Gasteiger partial charge in [0.05, 0.1) is 19.3 Å². The summed E-state index contributed by atoms with van der Waals surface area (Å²) < 4.78 is 7.77. The van der Waals surface area contributed by atoms with E-state index in [2.05, 4.69) is 27.7 Å². The molecule has 2 aliphatic rings. The summed E-state index contributed by atoms with van der Waals surface area (Å²) >= 11 is 6.74. The van der Waals surface area contributed by atoms with Crippen molar-refractivity contribution in [2.75, 3.05) is 26.3 Å². The topological polar surface area (TPSA) is 34.5 Å². The molecule has 1 aliphatic carbocycles. The molecule has 162 valence electrons. The lowest BCUT2D eigenvalue weighted by Crippen LogP contribution is -2.42. The van der Waals surface area contributed by atoms with E-state index in [0.717, 1.165) is 53.0 Å². The standard InChI is InChI=1S/C26H29ClN2O2/c27-23-13-7-6-12-22(23)25(28-14-16-31-17-15-28)24-18-19-8-4-5-11-21(19)26(30)29(24)20-9-2-1-3-10-20/h4-8,11-13,18,20,25H,1-3,9-10,14-17H2. The summed E-state index contributed by atoms with van der Waals surface area (Å²) in [5.41, 5.74) is 2.25. The number of benzene rings is 2. The molecule has 3 aromatic rings. The van der Waals surface area contributed by atoms with Crippen LogP contribution < -0.4 is 5.56 Å². The predicted molar refractivity (Wildman–Crippen MR) is 126 cm³/mol. The Morgan fingerprint density at radius 1 is 0.935 bits per heavy atom. The lowest BCUT2D eigenvalue weighted by molar-refractivity contribution is 0.0221. The normalized spacial score (nSPS) is 19.5. The summed E-state index contributed by atoms with van der Waals surface area (Å²) in [5, 5.41) is 2.55. The van der Waals surface area contributed by atoms with Crippen molar-refractivity contribution in [1.82, 2.24) is 9.47 Å². The van der Waals surface area contributed by atoms with Crippen LogP contribution in [0.15, 0.2) is 59.4 Å². The molecule has 0 radical (unpaired) electrons. The quantitative estimate of drug-likeness (QED) is 0.535. The van der Waals surface area contributed by atoms with E-state index in [-0.39, 0.29) is 17.6 Å². The Morgan fingerprint density at radius 2 is 1.65 bits per heavy atom. The highest BCUT2D eigenvalue weighted by atomic mass is 35.5. The van der Waals surface area contributed by atoms with Crippen LogP contribution >= 0.6 is 11.6 Å². The third-order valence-electron chi connectivity index (χ3n) is 6.82. The number of halogens is 1. The first-order valence-electron chi connectivity index (χ1n) is 11.4. The first kappa shape index (κ1) is 20.7. The number of aromatic nitrogens is 1. The molecule has 4 nitrogen and oxygen atoms in total. The van der Waals surface area contributed by atoms with Crippen molar-refractivity contribution in [3.63, 3.8) is 0 Å². The third-order valence-corrected chi connectivity index (χ3v) is 7.17. The molecule has 5 heteroatoms. The van der Waals surface area contributed by atoms with Gasteiger partial charge < -0.3 is 9.30 Å². The Balaban J connectivity index is 1.76. The average molecular weight is 437 g/mol. The van der Waals surface area contributed by atoms with Crippen LogP contribution in [-0.4, -0.2) is 35.8 Å². The van der Waals surface area contributed by atoms with Crippen molar-refractivity contribution in [3.05, 3.63) is 81.2 Å². The fourth-order valence-electron chi connectivity index (χ4n) is 5.30. The van der Waals surface area contributed by atoms with Crippen LogP contribution in [0.2, 0.25) is 5.02 Å². The van der Waals surface area contributed by atoms with Crippen LogP contribution in [0.4, 0.5) is 0 Å². The Hall–Kier alpha value is -2.14. The lowest BCUT2D eigenvalue weighted by Gasteiger charge is -2.38. The number of ether oxygens (including phenoxy) is 1. The molecular weight excluding hydrogens is 408 g/mol. The van der Waals surface area contributed by atoms with Crippen LogP contribution in [0.5, 0.6) is 0 Å². The average Bonchev–Trinajstić information content (AvgIpc) is 2.82. The van der Waals surface area contributed by atoms with E-state index in [9.17, 15) is 4.79 Å². The fraction of sp³-hybridized carbons (Fsp3) is 0.423. The summed E-state index contributed by atoms with van der Waals surface area (Å²) in [5.74, 6) is 0. The number of nitrogens with zero attached hydrogens (tertiary/aromatic N) is 2. The molecule has 1 aliphatic heterocycles. The Kier molecular flexibility index (Phi) is 6.13. The van der Waals surface area contributed by atoms with Gasteiger partial charge in [0.1, 0.15) is 0 Å². The first-order valence-corrected chi connectivity index (χ1v) is 11.8. The minimum Gasteiger partial charge on any atom is -0.379 e. The van der Waals surface area contributed by atoms with Crippen LogP contribution in [0.25, 0.3) is 10.8 Å². The molecule has 1 atom stereocenters. The maximum absolute atomic E-state index is 13.8. The van der Waals surface area contributed by atoms with E-state index in [0.29, 0.717) is 13.2 Å². The van der Waals surface area contributed by atoms with Gasteiger partial charge >= 0.3 is 0 Å². The molecule has 0 spiro atoms. The van der Waals surface area contributed by atoms with Crippen LogP contribution in [-0.2, 0) is 4.74 Å². The molecule has 2 fully saturated rings. The minimum atomic E-state index is -0.0724. The smallest absolute Gasteiger partial charge is 0.258 e. The number of rotatable bonds is 4. The van der Waals surface area contributed by atoms with Gasteiger partial charge in [0.2, 0.25) is 0 Å². The zero-order chi connectivity index (χ0) is 21.2. The molecule has 0 bridgehead atoms. The van der Waals surface area contributed by atoms with Crippen molar-refractivity contribution in [1.29, 1.82) is 0 Å². The third kappa shape index (κ3) is 4.05. The number of morpholine rings is 1. The summed E-state index contributed by atoms with van der Waals surface area (Å²) in [6, 6.07) is 18.4. The summed E-state index contributed by atoms with van der Waals surface area (Å²) in [6.07, 6.45) is 5.73. The monoisotopic (exact) mass is 436 g/mol. The van der Waals surface area contributed by atoms with E-state index >= 15 is 0 Å². The zero-order valence-electron chi connectivity index (χ0n) is 17.8. The van der Waals surface area contributed by atoms with Crippen molar-refractivity contribution >= 4 is 22.4 Å². The molecule has 1 saturated heterocycles. The molecule has 1 unspecified atom stereocenters. The molecular formula is C26H29ClN2O2. The predicted octanol–water partition coefficient (Wildman–Crippen LogP) is 5.58. The second kappa shape index (κ2) is 9.15. The largest absolute Gasteiger partial charge is 0.379 e. The zero-order valence-corrected chi connectivity index (χ0v) is 18.6. The van der Waals surface area contributed by atoms with E-state index in [4.69, 9.17) is 16.3 Å². The number of hydrogen-bond donors (Lipinski definition) is 0. The van der Waals surface area contributed by atoms with Gasteiger partial charge in [-0.15, -0.1) is 0 Å². The second-order valence-corrected chi connectivity index (χ2v) is 9.10. The number of pyridine rings is 1. The van der Waals surface area contributed by atoms with Gasteiger partial charge in [-0.25, -0.2) is 0 Å². The van der Waals surface area contributed by atoms with Crippen molar-refractivity contribution in [2.24, 2.45) is 0 Å². The molecule has 2 aromatic carbocycles. The van der Waals surface area contributed by atoms with Crippen LogP contribution in [0.3, 0.4) is 0 Å². The second-order valence-electron chi connectivity index (χ2n) is 8.70. The number of fused-ring (bicyclic) bond motifs is 1. The summed E-state index contributed by atoms with van der Waals surface area (Å²) in [6.45, 7) is 3.04. The Bertz CT molecular complexity index is 1110. The molecule has 1 saturated carbocycles. The van der Waals surface area contributed by atoms with Gasteiger partial charge in [-0.3, -0.25) is 9.69 Å². The highest BCUT2D eigenvalue weighted by molar-refractivity contribution is 6.31. The molecule has 0 amide bonds. The van der Waals surface area contributed by atoms with Gasteiger partial charge in [0, 0.05) is 35.2 Å². The van der Waals surface area contributed by atoms with Gasteiger partial charge in [0.25, 0.3) is 5.56 Å². The van der Waals surface area contributed by atoms with E-state index in [1.807, 2.05) is 36.4 Å². The van der Waals surface area contributed by atoms with Crippen molar-refractivity contribution in [3.8, 4) is 0 Å².